The Morgan fingerprint density at radius 3 is 2.55 bits per heavy atom. The quantitative estimate of drug-likeness (QED) is 0.330. The zero-order valence-corrected chi connectivity index (χ0v) is 25.0. The summed E-state index contributed by atoms with van der Waals surface area (Å²) in [5.41, 5.74) is 1.44. The van der Waals surface area contributed by atoms with Gasteiger partial charge in [0.2, 0.25) is 5.91 Å². The van der Waals surface area contributed by atoms with Crippen molar-refractivity contribution in [3.8, 4) is 0 Å². The second kappa shape index (κ2) is 13.9. The minimum atomic E-state index is -1.22. The van der Waals surface area contributed by atoms with Gasteiger partial charge in [0, 0.05) is 34.4 Å². The summed E-state index contributed by atoms with van der Waals surface area (Å²) in [7, 11) is 6.20. The van der Waals surface area contributed by atoms with Gasteiger partial charge in [-0.2, -0.15) is 0 Å². The highest BCUT2D eigenvalue weighted by Gasteiger charge is 2.25. The Kier molecular flexibility index (Phi) is 10.6. The van der Waals surface area contributed by atoms with Crippen LogP contribution in [0.5, 0.6) is 0 Å². The highest BCUT2D eigenvalue weighted by Crippen LogP contribution is 2.21. The molecule has 12 nitrogen and oxygen atoms in total. The van der Waals surface area contributed by atoms with Gasteiger partial charge in [0.05, 0.1) is 24.0 Å². The first-order valence-electron chi connectivity index (χ1n) is 13.6. The second-order valence-corrected chi connectivity index (χ2v) is 10.9. The standard InChI is InChI=1S/C29H38FN7O5/c1-17(2)12-20-26-25(19(30)14-31-20)33-23(34-26)16-37-15-18(3)13-21(28(37)40)32-27(39)22(42-29(41)36(6)7)10-8-9-11-24(38)35(4)5/h9,11,13-15,17,22H,8,10,12,16H2,1-7H3,(H,32,39)(H,33,34)/b11-9+. The Bertz CT molecular complexity index is 1540. The minimum absolute atomic E-state index is 0.0115. The number of hydrogen-bond donors (Lipinski definition) is 2. The van der Waals surface area contributed by atoms with Crippen LogP contribution in [-0.2, 0) is 27.3 Å². The third kappa shape index (κ3) is 8.24. The molecule has 1 atom stereocenters. The van der Waals surface area contributed by atoms with Crippen LogP contribution in [0.1, 0.15) is 43.8 Å². The number of carbonyl (C=O) groups excluding carboxylic acids is 3. The predicted molar refractivity (Wildman–Crippen MR) is 157 cm³/mol. The number of rotatable bonds is 11. The van der Waals surface area contributed by atoms with Gasteiger partial charge < -0.3 is 29.4 Å². The van der Waals surface area contributed by atoms with E-state index in [4.69, 9.17) is 4.74 Å². The maximum absolute atomic E-state index is 14.5. The number of hydrogen-bond acceptors (Lipinski definition) is 7. The van der Waals surface area contributed by atoms with Crippen LogP contribution in [0.2, 0.25) is 0 Å². The van der Waals surface area contributed by atoms with Gasteiger partial charge in [-0.1, -0.05) is 19.9 Å². The fourth-order valence-corrected chi connectivity index (χ4v) is 4.10. The average molecular weight is 584 g/mol. The van der Waals surface area contributed by atoms with Crippen molar-refractivity contribution in [1.29, 1.82) is 0 Å². The van der Waals surface area contributed by atoms with Gasteiger partial charge in [0.15, 0.2) is 11.9 Å². The van der Waals surface area contributed by atoms with E-state index >= 15 is 0 Å². The van der Waals surface area contributed by atoms with Gasteiger partial charge in [0.1, 0.15) is 17.0 Å². The highest BCUT2D eigenvalue weighted by atomic mass is 19.1. The van der Waals surface area contributed by atoms with Crippen LogP contribution in [0.4, 0.5) is 14.9 Å². The van der Waals surface area contributed by atoms with Crippen molar-refractivity contribution in [1.82, 2.24) is 29.3 Å². The molecule has 3 rings (SSSR count). The number of ether oxygens (including phenoxy) is 1. The molecular formula is C29H38FN7O5. The molecule has 0 spiro atoms. The van der Waals surface area contributed by atoms with E-state index in [1.165, 1.54) is 40.6 Å². The van der Waals surface area contributed by atoms with Gasteiger partial charge in [-0.05, 0) is 49.8 Å². The number of nitrogens with one attached hydrogen (secondary N) is 2. The SMILES string of the molecule is Cc1cc(NC(=O)C(CC/C=C/C(=O)N(C)C)OC(=O)N(C)C)c(=O)n(Cc2nc3c(F)cnc(CC(C)C)c3[nH]2)c1. The smallest absolute Gasteiger partial charge is 0.410 e. The molecule has 0 fully saturated rings. The van der Waals surface area contributed by atoms with E-state index in [1.807, 2.05) is 13.8 Å². The van der Waals surface area contributed by atoms with Gasteiger partial charge in [-0.25, -0.2) is 14.2 Å². The number of fused-ring (bicyclic) bond motifs is 1. The number of H-pyrrole nitrogens is 1. The van der Waals surface area contributed by atoms with Crippen molar-refractivity contribution in [3.05, 3.63) is 63.9 Å². The van der Waals surface area contributed by atoms with Gasteiger partial charge >= 0.3 is 6.09 Å². The van der Waals surface area contributed by atoms with E-state index < -0.39 is 29.5 Å². The molecule has 226 valence electrons. The number of aromatic nitrogens is 4. The second-order valence-electron chi connectivity index (χ2n) is 10.9. The number of halogens is 1. The van der Waals surface area contributed by atoms with Crippen LogP contribution in [0.25, 0.3) is 11.0 Å². The summed E-state index contributed by atoms with van der Waals surface area (Å²) in [5, 5.41) is 2.59. The molecule has 3 aromatic rings. The third-order valence-corrected chi connectivity index (χ3v) is 6.20. The zero-order chi connectivity index (χ0) is 31.1. The molecule has 0 saturated carbocycles. The predicted octanol–water partition coefficient (Wildman–Crippen LogP) is 3.24. The summed E-state index contributed by atoms with van der Waals surface area (Å²) in [6.45, 7) is 5.81. The number of pyridine rings is 2. The van der Waals surface area contributed by atoms with E-state index in [0.29, 0.717) is 34.9 Å². The van der Waals surface area contributed by atoms with Crippen LogP contribution >= 0.6 is 0 Å². The number of amides is 3. The summed E-state index contributed by atoms with van der Waals surface area (Å²) in [6, 6.07) is 1.51. The average Bonchev–Trinajstić information content (AvgIpc) is 3.34. The monoisotopic (exact) mass is 583 g/mol. The number of imidazole rings is 1. The summed E-state index contributed by atoms with van der Waals surface area (Å²) in [4.78, 5) is 64.9. The topological polar surface area (TPSA) is 143 Å². The number of aryl methyl sites for hydroxylation is 1. The molecule has 0 aromatic carbocycles. The molecule has 1 unspecified atom stereocenters. The fraction of sp³-hybridized carbons (Fsp3) is 0.448. The van der Waals surface area contributed by atoms with Crippen molar-refractivity contribution in [3.63, 3.8) is 0 Å². The Balaban J connectivity index is 1.85. The van der Waals surface area contributed by atoms with Crippen molar-refractivity contribution in [2.45, 2.75) is 52.7 Å². The molecule has 13 heteroatoms. The van der Waals surface area contributed by atoms with Crippen molar-refractivity contribution >= 4 is 34.6 Å². The lowest BCUT2D eigenvalue weighted by atomic mass is 10.1. The van der Waals surface area contributed by atoms with Gasteiger partial charge in [-0.15, -0.1) is 0 Å². The summed E-state index contributed by atoms with van der Waals surface area (Å²) < 4.78 is 21.2. The molecule has 0 aliphatic carbocycles. The van der Waals surface area contributed by atoms with Crippen LogP contribution in [0, 0.1) is 18.7 Å². The van der Waals surface area contributed by atoms with E-state index in [-0.39, 0.29) is 36.5 Å². The number of aromatic amines is 1. The Morgan fingerprint density at radius 2 is 1.90 bits per heavy atom. The molecule has 42 heavy (non-hydrogen) atoms. The Morgan fingerprint density at radius 1 is 1.19 bits per heavy atom. The minimum Gasteiger partial charge on any atom is -0.436 e. The zero-order valence-electron chi connectivity index (χ0n) is 25.0. The summed E-state index contributed by atoms with van der Waals surface area (Å²) >= 11 is 0. The Hall–Kier alpha value is -4.55. The first kappa shape index (κ1) is 32.0. The molecule has 0 radical (unpaired) electrons. The summed E-state index contributed by atoms with van der Waals surface area (Å²) in [6.07, 6.45) is 4.73. The molecule has 2 N–H and O–H groups in total. The van der Waals surface area contributed by atoms with E-state index in [1.54, 1.807) is 33.3 Å². The highest BCUT2D eigenvalue weighted by molar-refractivity contribution is 5.95. The molecule has 0 aliphatic heterocycles. The molecule has 0 aliphatic rings. The number of nitrogens with zero attached hydrogens (tertiary/aromatic N) is 5. The maximum Gasteiger partial charge on any atom is 0.410 e. The molecule has 0 bridgehead atoms. The van der Waals surface area contributed by atoms with Crippen molar-refractivity contribution < 1.29 is 23.5 Å². The van der Waals surface area contributed by atoms with Gasteiger partial charge in [-0.3, -0.25) is 19.4 Å². The van der Waals surface area contributed by atoms with Crippen LogP contribution in [-0.4, -0.2) is 81.5 Å². The number of likely N-dealkylation sites (N-methyl/N-ethyl adjacent to an activating group) is 1. The fourth-order valence-electron chi connectivity index (χ4n) is 4.10. The van der Waals surface area contributed by atoms with E-state index in [0.717, 1.165) is 6.20 Å². The summed E-state index contributed by atoms with van der Waals surface area (Å²) in [5.74, 6) is -0.837. The molecular weight excluding hydrogens is 545 g/mol. The van der Waals surface area contributed by atoms with Gasteiger partial charge in [0.25, 0.3) is 11.5 Å². The third-order valence-electron chi connectivity index (χ3n) is 6.20. The molecule has 3 amide bonds. The lowest BCUT2D eigenvalue weighted by Gasteiger charge is -2.20. The largest absolute Gasteiger partial charge is 0.436 e. The van der Waals surface area contributed by atoms with Crippen LogP contribution in [0.3, 0.4) is 0 Å². The molecule has 3 aromatic heterocycles. The van der Waals surface area contributed by atoms with Crippen molar-refractivity contribution in [2.75, 3.05) is 33.5 Å². The number of carbonyl (C=O) groups is 3. The first-order valence-corrected chi connectivity index (χ1v) is 13.6. The lowest BCUT2D eigenvalue weighted by Crippen LogP contribution is -2.37. The normalized spacial score (nSPS) is 12.1. The molecule has 3 heterocycles. The van der Waals surface area contributed by atoms with Crippen LogP contribution in [0.15, 0.2) is 35.4 Å². The molecule has 0 saturated heterocycles. The maximum atomic E-state index is 14.5. The number of allylic oxidation sites excluding steroid dienone is 1. The lowest BCUT2D eigenvalue weighted by molar-refractivity contribution is -0.125. The van der Waals surface area contributed by atoms with E-state index in [2.05, 4.69) is 20.3 Å². The first-order chi connectivity index (χ1) is 19.8. The Labute approximate surface area is 243 Å². The van der Waals surface area contributed by atoms with Crippen LogP contribution < -0.4 is 10.9 Å². The van der Waals surface area contributed by atoms with Crippen molar-refractivity contribution in [2.24, 2.45) is 5.92 Å². The number of anilines is 1. The van der Waals surface area contributed by atoms with E-state index in [9.17, 15) is 23.6 Å².